The lowest BCUT2D eigenvalue weighted by atomic mass is 9.97. The van der Waals surface area contributed by atoms with Crippen molar-refractivity contribution in [3.8, 4) is 11.1 Å². The van der Waals surface area contributed by atoms with Crippen molar-refractivity contribution in [3.05, 3.63) is 53.2 Å². The van der Waals surface area contributed by atoms with E-state index in [-0.39, 0.29) is 5.97 Å². The molecule has 0 atom stereocenters. The molecule has 4 nitrogen and oxygen atoms in total. The molecule has 0 aliphatic carbocycles. The molecular weight excluding hydrogens is 276 g/mol. The Morgan fingerprint density at radius 2 is 1.91 bits per heavy atom. The zero-order valence-electron chi connectivity index (χ0n) is 13.2. The van der Waals surface area contributed by atoms with Crippen LogP contribution in [0.5, 0.6) is 0 Å². The first-order valence-corrected chi connectivity index (χ1v) is 7.14. The van der Waals surface area contributed by atoms with Gasteiger partial charge in [0.1, 0.15) is 5.52 Å². The first-order valence-electron chi connectivity index (χ1n) is 7.14. The van der Waals surface area contributed by atoms with E-state index >= 15 is 0 Å². The SMILES string of the molecule is COC(=O)c1c2cccc(-c3ccc(C)cc3C)c2nn1C. The van der Waals surface area contributed by atoms with Gasteiger partial charge in [0.15, 0.2) is 5.69 Å². The lowest BCUT2D eigenvalue weighted by Crippen LogP contribution is -2.08. The zero-order valence-corrected chi connectivity index (χ0v) is 13.2. The van der Waals surface area contributed by atoms with Gasteiger partial charge >= 0.3 is 5.97 Å². The van der Waals surface area contributed by atoms with Crippen LogP contribution in [0.3, 0.4) is 0 Å². The normalized spacial score (nSPS) is 10.9. The van der Waals surface area contributed by atoms with Crippen molar-refractivity contribution in [3.63, 3.8) is 0 Å². The van der Waals surface area contributed by atoms with Crippen molar-refractivity contribution in [2.45, 2.75) is 13.8 Å². The standard InChI is InChI=1S/C18H18N2O2/c1-11-8-9-13(12(2)10-11)14-6-5-7-15-16(14)19-20(3)17(15)18(21)22-4/h5-10H,1-4H3. The second kappa shape index (κ2) is 5.30. The number of aromatic nitrogens is 2. The summed E-state index contributed by atoms with van der Waals surface area (Å²) in [7, 11) is 3.15. The smallest absolute Gasteiger partial charge is 0.356 e. The topological polar surface area (TPSA) is 44.1 Å². The second-order valence-corrected chi connectivity index (χ2v) is 5.48. The van der Waals surface area contributed by atoms with Crippen LogP contribution in [0.1, 0.15) is 21.6 Å². The Balaban J connectivity index is 2.30. The van der Waals surface area contributed by atoms with E-state index < -0.39 is 0 Å². The molecule has 0 amide bonds. The van der Waals surface area contributed by atoms with Crippen molar-refractivity contribution in [1.29, 1.82) is 0 Å². The third-order valence-corrected chi connectivity index (χ3v) is 3.92. The van der Waals surface area contributed by atoms with E-state index in [1.807, 2.05) is 18.2 Å². The molecule has 0 unspecified atom stereocenters. The Bertz CT molecular complexity index is 878. The van der Waals surface area contributed by atoms with E-state index in [1.54, 1.807) is 11.7 Å². The molecule has 4 heteroatoms. The van der Waals surface area contributed by atoms with Crippen LogP contribution >= 0.6 is 0 Å². The van der Waals surface area contributed by atoms with E-state index in [4.69, 9.17) is 4.74 Å². The fourth-order valence-electron chi connectivity index (χ4n) is 2.89. The van der Waals surface area contributed by atoms with Crippen molar-refractivity contribution in [1.82, 2.24) is 9.78 Å². The molecule has 22 heavy (non-hydrogen) atoms. The number of rotatable bonds is 2. The molecule has 0 spiro atoms. The van der Waals surface area contributed by atoms with Gasteiger partial charge in [-0.15, -0.1) is 0 Å². The van der Waals surface area contributed by atoms with E-state index in [1.165, 1.54) is 18.2 Å². The minimum Gasteiger partial charge on any atom is -0.464 e. The zero-order chi connectivity index (χ0) is 15.9. The predicted octanol–water partition coefficient (Wildman–Crippen LogP) is 3.64. The number of benzene rings is 2. The molecule has 0 aliphatic heterocycles. The molecule has 2 aromatic carbocycles. The molecular formula is C18H18N2O2. The summed E-state index contributed by atoms with van der Waals surface area (Å²) in [4.78, 5) is 12.0. The number of nitrogens with zero attached hydrogens (tertiary/aromatic N) is 2. The molecule has 0 radical (unpaired) electrons. The first-order chi connectivity index (χ1) is 10.5. The average molecular weight is 294 g/mol. The monoisotopic (exact) mass is 294 g/mol. The number of methoxy groups -OCH3 is 1. The number of carbonyl (C=O) groups is 1. The van der Waals surface area contributed by atoms with E-state index in [0.29, 0.717) is 5.69 Å². The fourth-order valence-corrected chi connectivity index (χ4v) is 2.89. The molecule has 1 heterocycles. The maximum absolute atomic E-state index is 12.0. The number of aryl methyl sites for hydroxylation is 3. The highest BCUT2D eigenvalue weighted by molar-refractivity contribution is 6.06. The summed E-state index contributed by atoms with van der Waals surface area (Å²) in [5.74, 6) is -0.372. The summed E-state index contributed by atoms with van der Waals surface area (Å²) in [5, 5.41) is 5.35. The van der Waals surface area contributed by atoms with Crippen LogP contribution in [-0.4, -0.2) is 22.9 Å². The summed E-state index contributed by atoms with van der Waals surface area (Å²) in [6.07, 6.45) is 0. The third kappa shape index (κ3) is 2.17. The Kier molecular flexibility index (Phi) is 3.45. The van der Waals surface area contributed by atoms with Gasteiger partial charge in [0.2, 0.25) is 0 Å². The van der Waals surface area contributed by atoms with Gasteiger partial charge in [-0.2, -0.15) is 5.10 Å². The largest absolute Gasteiger partial charge is 0.464 e. The van der Waals surface area contributed by atoms with Crippen molar-refractivity contribution in [2.24, 2.45) is 7.05 Å². The molecule has 0 fully saturated rings. The minimum absolute atomic E-state index is 0.372. The van der Waals surface area contributed by atoms with Gasteiger partial charge in [0.05, 0.1) is 7.11 Å². The molecule has 112 valence electrons. The predicted molar refractivity (Wildman–Crippen MR) is 87.0 cm³/mol. The molecule has 3 aromatic rings. The Hall–Kier alpha value is -2.62. The highest BCUT2D eigenvalue weighted by atomic mass is 16.5. The van der Waals surface area contributed by atoms with E-state index in [9.17, 15) is 4.79 Å². The van der Waals surface area contributed by atoms with Crippen LogP contribution in [0.15, 0.2) is 36.4 Å². The maximum Gasteiger partial charge on any atom is 0.356 e. The summed E-state index contributed by atoms with van der Waals surface area (Å²) in [6.45, 7) is 4.17. The van der Waals surface area contributed by atoms with Crippen LogP contribution in [0.2, 0.25) is 0 Å². The molecule has 0 bridgehead atoms. The maximum atomic E-state index is 12.0. The van der Waals surface area contributed by atoms with Crippen LogP contribution in [-0.2, 0) is 11.8 Å². The van der Waals surface area contributed by atoms with Gasteiger partial charge in [-0.3, -0.25) is 4.68 Å². The molecule has 0 aliphatic rings. The Labute approximate surface area is 129 Å². The molecule has 1 aromatic heterocycles. The van der Waals surface area contributed by atoms with Crippen molar-refractivity contribution in [2.75, 3.05) is 7.11 Å². The van der Waals surface area contributed by atoms with Gasteiger partial charge < -0.3 is 4.74 Å². The van der Waals surface area contributed by atoms with Gasteiger partial charge in [-0.1, -0.05) is 42.0 Å². The summed E-state index contributed by atoms with van der Waals surface area (Å²) < 4.78 is 6.46. The van der Waals surface area contributed by atoms with Crippen LogP contribution < -0.4 is 0 Å². The van der Waals surface area contributed by atoms with Crippen molar-refractivity contribution < 1.29 is 9.53 Å². The lowest BCUT2D eigenvalue weighted by molar-refractivity contribution is 0.0590. The number of ether oxygens (including phenoxy) is 1. The summed E-state index contributed by atoms with van der Waals surface area (Å²) in [5.41, 5.74) is 5.87. The van der Waals surface area contributed by atoms with Gasteiger partial charge in [0, 0.05) is 18.0 Å². The number of fused-ring (bicyclic) bond motifs is 1. The molecule has 0 saturated carbocycles. The third-order valence-electron chi connectivity index (χ3n) is 3.92. The molecule has 0 N–H and O–H groups in total. The minimum atomic E-state index is -0.372. The van der Waals surface area contributed by atoms with Gasteiger partial charge in [0.25, 0.3) is 0 Å². The molecule has 3 rings (SSSR count). The average Bonchev–Trinajstić information content (AvgIpc) is 2.82. The fraction of sp³-hybridized carbons (Fsp3) is 0.222. The van der Waals surface area contributed by atoms with Crippen LogP contribution in [0, 0.1) is 13.8 Å². The first kappa shape index (κ1) is 14.3. The van der Waals surface area contributed by atoms with Gasteiger partial charge in [-0.25, -0.2) is 4.79 Å². The van der Waals surface area contributed by atoms with Crippen molar-refractivity contribution >= 4 is 16.9 Å². The van der Waals surface area contributed by atoms with Crippen LogP contribution in [0.25, 0.3) is 22.0 Å². The summed E-state index contributed by atoms with van der Waals surface area (Å²) in [6, 6.07) is 12.2. The second-order valence-electron chi connectivity index (χ2n) is 5.48. The quantitative estimate of drug-likeness (QED) is 0.678. The van der Waals surface area contributed by atoms with E-state index in [0.717, 1.165) is 22.0 Å². The number of hydrogen-bond donors (Lipinski definition) is 0. The Morgan fingerprint density at radius 1 is 1.14 bits per heavy atom. The molecule has 0 saturated heterocycles. The summed E-state index contributed by atoms with van der Waals surface area (Å²) >= 11 is 0. The highest BCUT2D eigenvalue weighted by Gasteiger charge is 2.19. The Morgan fingerprint density at radius 3 is 2.59 bits per heavy atom. The lowest BCUT2D eigenvalue weighted by Gasteiger charge is -2.08. The number of hydrogen-bond acceptors (Lipinski definition) is 3. The van der Waals surface area contributed by atoms with Crippen LogP contribution in [0.4, 0.5) is 0 Å². The highest BCUT2D eigenvalue weighted by Crippen LogP contribution is 2.32. The number of carbonyl (C=O) groups excluding carboxylic acids is 1. The van der Waals surface area contributed by atoms with E-state index in [2.05, 4.69) is 37.1 Å². The number of esters is 1. The van der Waals surface area contributed by atoms with Gasteiger partial charge in [-0.05, 0) is 25.0 Å².